The smallest absolute Gasteiger partial charge is 0.349 e. The van der Waals surface area contributed by atoms with Gasteiger partial charge in [-0.25, -0.2) is 9.78 Å². The minimum absolute atomic E-state index is 0.147. The Morgan fingerprint density at radius 1 is 1.21 bits per heavy atom. The normalized spacial score (nSPS) is 10.6. The third-order valence-corrected chi connectivity index (χ3v) is 2.75. The van der Waals surface area contributed by atoms with E-state index in [1.54, 1.807) is 24.4 Å². The first-order valence-electron chi connectivity index (χ1n) is 5.78. The SMILES string of the molecule is Nc1ccn(CCc2ccc(CO)nc2N)c(=O)n1. The summed E-state index contributed by atoms with van der Waals surface area (Å²) in [6, 6.07) is 5.07. The number of anilines is 2. The zero-order valence-electron chi connectivity index (χ0n) is 10.3. The fourth-order valence-electron chi connectivity index (χ4n) is 1.70. The van der Waals surface area contributed by atoms with E-state index in [4.69, 9.17) is 16.6 Å². The Hall–Kier alpha value is -2.41. The van der Waals surface area contributed by atoms with Crippen LogP contribution in [0, 0.1) is 0 Å². The van der Waals surface area contributed by atoms with Crippen molar-refractivity contribution in [3.8, 4) is 0 Å². The Labute approximate surface area is 109 Å². The highest BCUT2D eigenvalue weighted by atomic mass is 16.3. The Bertz CT molecular complexity index is 638. The summed E-state index contributed by atoms with van der Waals surface area (Å²) in [5.41, 5.74) is 12.1. The van der Waals surface area contributed by atoms with Crippen LogP contribution in [0.4, 0.5) is 11.6 Å². The quantitative estimate of drug-likeness (QED) is 0.684. The lowest BCUT2D eigenvalue weighted by molar-refractivity contribution is 0.277. The minimum Gasteiger partial charge on any atom is -0.390 e. The van der Waals surface area contributed by atoms with Crippen molar-refractivity contribution in [3.63, 3.8) is 0 Å². The van der Waals surface area contributed by atoms with Crippen molar-refractivity contribution < 1.29 is 5.11 Å². The molecule has 0 radical (unpaired) electrons. The summed E-state index contributed by atoms with van der Waals surface area (Å²) < 4.78 is 1.45. The zero-order chi connectivity index (χ0) is 13.8. The summed E-state index contributed by atoms with van der Waals surface area (Å²) in [5, 5.41) is 8.94. The summed E-state index contributed by atoms with van der Waals surface area (Å²) in [7, 11) is 0. The fourth-order valence-corrected chi connectivity index (χ4v) is 1.70. The van der Waals surface area contributed by atoms with Crippen LogP contribution in [-0.4, -0.2) is 19.6 Å². The van der Waals surface area contributed by atoms with Crippen LogP contribution in [0.2, 0.25) is 0 Å². The number of rotatable bonds is 4. The van der Waals surface area contributed by atoms with Gasteiger partial charge in [0.25, 0.3) is 0 Å². The van der Waals surface area contributed by atoms with E-state index < -0.39 is 5.69 Å². The van der Waals surface area contributed by atoms with E-state index in [0.717, 1.165) is 5.56 Å². The van der Waals surface area contributed by atoms with Gasteiger partial charge < -0.3 is 16.6 Å². The van der Waals surface area contributed by atoms with Crippen molar-refractivity contribution >= 4 is 11.6 Å². The molecule has 0 saturated carbocycles. The lowest BCUT2D eigenvalue weighted by Gasteiger charge is -2.08. The summed E-state index contributed by atoms with van der Waals surface area (Å²) in [4.78, 5) is 19.2. The van der Waals surface area contributed by atoms with Crippen molar-refractivity contribution in [1.29, 1.82) is 0 Å². The number of aliphatic hydroxyl groups excluding tert-OH is 1. The number of nitrogens with two attached hydrogens (primary N) is 2. The molecule has 0 aliphatic carbocycles. The van der Waals surface area contributed by atoms with E-state index in [2.05, 4.69) is 9.97 Å². The molecule has 2 rings (SSSR count). The lowest BCUT2D eigenvalue weighted by atomic mass is 10.1. The first kappa shape index (κ1) is 13.0. The molecule has 0 aromatic carbocycles. The van der Waals surface area contributed by atoms with Crippen LogP contribution in [-0.2, 0) is 19.6 Å². The number of hydrogen-bond donors (Lipinski definition) is 3. The number of nitrogen functional groups attached to an aromatic ring is 2. The Balaban J connectivity index is 2.12. The topological polar surface area (TPSA) is 120 Å². The molecule has 2 heterocycles. The van der Waals surface area contributed by atoms with E-state index in [9.17, 15) is 4.79 Å². The summed E-state index contributed by atoms with van der Waals surface area (Å²) in [5.74, 6) is 0.567. The van der Waals surface area contributed by atoms with Crippen LogP contribution < -0.4 is 17.2 Å². The molecule has 0 atom stereocenters. The number of nitrogens with zero attached hydrogens (tertiary/aromatic N) is 3. The van der Waals surface area contributed by atoms with E-state index in [1.165, 1.54) is 4.57 Å². The molecule has 19 heavy (non-hydrogen) atoms. The molecule has 0 unspecified atom stereocenters. The second-order valence-corrected chi connectivity index (χ2v) is 4.08. The van der Waals surface area contributed by atoms with Gasteiger partial charge in [0.1, 0.15) is 11.6 Å². The van der Waals surface area contributed by atoms with E-state index in [1.807, 2.05) is 0 Å². The molecule has 7 heteroatoms. The average molecular weight is 261 g/mol. The van der Waals surface area contributed by atoms with Gasteiger partial charge in [-0.3, -0.25) is 4.57 Å². The highest BCUT2D eigenvalue weighted by molar-refractivity contribution is 5.40. The van der Waals surface area contributed by atoms with Gasteiger partial charge in [0.05, 0.1) is 12.3 Å². The molecular weight excluding hydrogens is 246 g/mol. The number of hydrogen-bond acceptors (Lipinski definition) is 6. The lowest BCUT2D eigenvalue weighted by Crippen LogP contribution is -2.24. The first-order chi connectivity index (χ1) is 9.10. The van der Waals surface area contributed by atoms with Gasteiger partial charge in [-0.2, -0.15) is 4.98 Å². The van der Waals surface area contributed by atoms with E-state index in [0.29, 0.717) is 24.5 Å². The summed E-state index contributed by atoms with van der Waals surface area (Å²) in [6.07, 6.45) is 2.15. The van der Waals surface area contributed by atoms with Crippen LogP contribution in [0.5, 0.6) is 0 Å². The molecule has 0 bridgehead atoms. The standard InChI is InChI=1S/C12H15N5O2/c13-10-4-6-17(12(19)16-10)5-3-8-1-2-9(7-18)15-11(8)14/h1-2,4,6,18H,3,5,7H2,(H2,14,15)(H2,13,16,19). The fraction of sp³-hybridized carbons (Fsp3) is 0.250. The molecule has 7 nitrogen and oxygen atoms in total. The maximum absolute atomic E-state index is 11.5. The number of aromatic nitrogens is 3. The van der Waals surface area contributed by atoms with Crippen LogP contribution in [0.3, 0.4) is 0 Å². The van der Waals surface area contributed by atoms with Crippen LogP contribution in [0.1, 0.15) is 11.3 Å². The monoisotopic (exact) mass is 261 g/mol. The maximum atomic E-state index is 11.5. The minimum atomic E-state index is -0.390. The molecule has 2 aromatic heterocycles. The molecule has 100 valence electrons. The molecule has 0 spiro atoms. The Morgan fingerprint density at radius 3 is 2.63 bits per heavy atom. The van der Waals surface area contributed by atoms with E-state index >= 15 is 0 Å². The van der Waals surface area contributed by atoms with Gasteiger partial charge in [0.2, 0.25) is 0 Å². The van der Waals surface area contributed by atoms with Crippen molar-refractivity contribution in [1.82, 2.24) is 14.5 Å². The van der Waals surface area contributed by atoms with E-state index in [-0.39, 0.29) is 12.4 Å². The third kappa shape index (κ3) is 3.08. The largest absolute Gasteiger partial charge is 0.390 e. The molecule has 0 fully saturated rings. The van der Waals surface area contributed by atoms with Gasteiger partial charge in [-0.05, 0) is 24.1 Å². The van der Waals surface area contributed by atoms with Gasteiger partial charge in [0.15, 0.2) is 0 Å². The molecular formula is C12H15N5O2. The molecule has 2 aromatic rings. The van der Waals surface area contributed by atoms with Crippen LogP contribution >= 0.6 is 0 Å². The van der Waals surface area contributed by atoms with Crippen molar-refractivity contribution in [2.45, 2.75) is 19.6 Å². The molecule has 0 amide bonds. The van der Waals surface area contributed by atoms with Crippen LogP contribution in [0.15, 0.2) is 29.2 Å². The van der Waals surface area contributed by atoms with Gasteiger partial charge >= 0.3 is 5.69 Å². The van der Waals surface area contributed by atoms with Gasteiger partial charge in [0, 0.05) is 12.7 Å². The zero-order valence-corrected chi connectivity index (χ0v) is 10.3. The van der Waals surface area contributed by atoms with Crippen molar-refractivity contribution in [2.24, 2.45) is 0 Å². The summed E-state index contributed by atoms with van der Waals surface area (Å²) >= 11 is 0. The average Bonchev–Trinajstić information content (AvgIpc) is 2.39. The number of pyridine rings is 1. The van der Waals surface area contributed by atoms with Gasteiger partial charge in [-0.1, -0.05) is 6.07 Å². The molecule has 0 saturated heterocycles. The van der Waals surface area contributed by atoms with Crippen molar-refractivity contribution in [3.05, 3.63) is 46.1 Å². The van der Waals surface area contributed by atoms with Gasteiger partial charge in [-0.15, -0.1) is 0 Å². The van der Waals surface area contributed by atoms with Crippen molar-refractivity contribution in [2.75, 3.05) is 11.5 Å². The second kappa shape index (κ2) is 5.49. The number of aryl methyl sites for hydroxylation is 2. The third-order valence-electron chi connectivity index (χ3n) is 2.75. The van der Waals surface area contributed by atoms with Crippen LogP contribution in [0.25, 0.3) is 0 Å². The molecule has 0 aliphatic heterocycles. The second-order valence-electron chi connectivity index (χ2n) is 4.08. The molecule has 5 N–H and O–H groups in total. The first-order valence-corrected chi connectivity index (χ1v) is 5.78. The highest BCUT2D eigenvalue weighted by Crippen LogP contribution is 2.11. The summed E-state index contributed by atoms with van der Waals surface area (Å²) in [6.45, 7) is 0.294. The Morgan fingerprint density at radius 2 is 2.00 bits per heavy atom. The predicted molar refractivity (Wildman–Crippen MR) is 71.2 cm³/mol. The highest BCUT2D eigenvalue weighted by Gasteiger charge is 2.04. The maximum Gasteiger partial charge on any atom is 0.349 e. The predicted octanol–water partition coefficient (Wildman–Crippen LogP) is -0.462. The number of aliphatic hydroxyl groups is 1. The Kier molecular flexibility index (Phi) is 3.76. The molecule has 0 aliphatic rings.